The van der Waals surface area contributed by atoms with Crippen LogP contribution in [-0.4, -0.2) is 59.3 Å². The van der Waals surface area contributed by atoms with Crippen LogP contribution in [0.4, 0.5) is 0 Å². The summed E-state index contributed by atoms with van der Waals surface area (Å²) in [5.41, 5.74) is 4.70. The first-order valence-corrected chi connectivity index (χ1v) is 6.31. The summed E-state index contributed by atoms with van der Waals surface area (Å²) in [4.78, 5) is 13.2. The molecule has 0 fully saturated rings. The molecule has 0 amide bonds. The molecule has 0 saturated heterocycles. The van der Waals surface area contributed by atoms with Crippen LogP contribution in [-0.2, 0) is 4.79 Å². The van der Waals surface area contributed by atoms with E-state index in [1.54, 1.807) is 0 Å². The summed E-state index contributed by atoms with van der Waals surface area (Å²) in [5, 5.41) is 26.6. The Bertz CT molecular complexity index is 251. The molecule has 0 rings (SSSR count). The highest BCUT2D eigenvalue weighted by molar-refractivity contribution is 6.40. The van der Waals surface area contributed by atoms with Crippen LogP contribution < -0.4 is 5.73 Å². The lowest BCUT2D eigenvalue weighted by Crippen LogP contribution is -2.48. The van der Waals surface area contributed by atoms with Gasteiger partial charge in [0.25, 0.3) is 0 Å². The Kier molecular flexibility index (Phi) is 8.18. The summed E-state index contributed by atoms with van der Waals surface area (Å²) in [6.45, 7) is 0.807. The minimum Gasteiger partial charge on any atom is -0.480 e. The number of rotatable bonds is 10. The molecule has 0 spiro atoms. The molecule has 7 heteroatoms. The second kappa shape index (κ2) is 8.47. The molecule has 6 nitrogen and oxygen atoms in total. The molecular formula is C11H25BN2O4. The van der Waals surface area contributed by atoms with Crippen molar-refractivity contribution in [3.05, 3.63) is 0 Å². The Hall–Kier alpha value is -0.625. The van der Waals surface area contributed by atoms with E-state index in [4.69, 9.17) is 20.9 Å². The molecule has 5 N–H and O–H groups in total. The molecule has 18 heavy (non-hydrogen) atoms. The summed E-state index contributed by atoms with van der Waals surface area (Å²) < 4.78 is 0. The van der Waals surface area contributed by atoms with Crippen molar-refractivity contribution in [1.82, 2.24) is 4.90 Å². The zero-order valence-electron chi connectivity index (χ0n) is 11.3. The van der Waals surface area contributed by atoms with Crippen molar-refractivity contribution >= 4 is 13.1 Å². The third-order valence-electron chi connectivity index (χ3n) is 2.99. The minimum atomic E-state index is -1.32. The number of carbonyl (C=O) groups is 1. The number of nitrogens with two attached hydrogens (primary N) is 1. The van der Waals surface area contributed by atoms with E-state index in [1.165, 1.54) is 0 Å². The van der Waals surface area contributed by atoms with E-state index in [-0.39, 0.29) is 6.32 Å². The van der Waals surface area contributed by atoms with E-state index >= 15 is 0 Å². The monoisotopic (exact) mass is 260 g/mol. The lowest BCUT2D eigenvalue weighted by molar-refractivity contribution is -0.144. The van der Waals surface area contributed by atoms with Crippen LogP contribution in [0, 0.1) is 0 Å². The lowest BCUT2D eigenvalue weighted by atomic mass is 9.81. The molecule has 0 aromatic heterocycles. The fraction of sp³-hybridized carbons (Fsp3) is 0.909. The van der Waals surface area contributed by atoms with Gasteiger partial charge in [0, 0.05) is 0 Å². The number of nitrogens with zero attached hydrogens (tertiary/aromatic N) is 1. The molecule has 0 radical (unpaired) electrons. The average molecular weight is 260 g/mol. The van der Waals surface area contributed by atoms with Crippen molar-refractivity contribution in [2.24, 2.45) is 5.73 Å². The highest BCUT2D eigenvalue weighted by atomic mass is 16.4. The molecule has 0 aliphatic carbocycles. The maximum atomic E-state index is 11.2. The number of carboxylic acids is 1. The van der Waals surface area contributed by atoms with Gasteiger partial charge in [-0.3, -0.25) is 4.79 Å². The van der Waals surface area contributed by atoms with Crippen molar-refractivity contribution in [2.45, 2.75) is 44.0 Å². The first kappa shape index (κ1) is 17.4. The summed E-state index contributed by atoms with van der Waals surface area (Å²) >= 11 is 0. The van der Waals surface area contributed by atoms with Gasteiger partial charge in [-0.2, -0.15) is 0 Å². The molecule has 0 aromatic carbocycles. The molecular weight excluding hydrogens is 235 g/mol. The van der Waals surface area contributed by atoms with Crippen LogP contribution in [0.1, 0.15) is 32.1 Å². The first-order chi connectivity index (χ1) is 8.28. The molecule has 1 unspecified atom stereocenters. The van der Waals surface area contributed by atoms with E-state index in [1.807, 2.05) is 19.0 Å². The molecule has 0 heterocycles. The minimum absolute atomic E-state index is 0.257. The molecule has 1 atom stereocenters. The van der Waals surface area contributed by atoms with Crippen molar-refractivity contribution in [3.63, 3.8) is 0 Å². The van der Waals surface area contributed by atoms with E-state index in [2.05, 4.69) is 0 Å². The number of unbranched alkanes of at least 4 members (excludes halogenated alkanes) is 1. The van der Waals surface area contributed by atoms with Crippen LogP contribution in [0.15, 0.2) is 0 Å². The Morgan fingerprint density at radius 2 is 1.78 bits per heavy atom. The zero-order chi connectivity index (χ0) is 14.2. The fourth-order valence-corrected chi connectivity index (χ4v) is 1.82. The van der Waals surface area contributed by atoms with Gasteiger partial charge < -0.3 is 25.8 Å². The zero-order valence-corrected chi connectivity index (χ0v) is 11.3. The summed E-state index contributed by atoms with van der Waals surface area (Å²) in [6.07, 6.45) is 2.94. The first-order valence-electron chi connectivity index (χ1n) is 6.31. The largest absolute Gasteiger partial charge is 0.480 e. The second-order valence-corrected chi connectivity index (χ2v) is 5.09. The summed E-state index contributed by atoms with van der Waals surface area (Å²) in [7, 11) is 2.54. The SMILES string of the molecule is CN(C)CCCC(N)(CCCCB(O)O)C(=O)O. The van der Waals surface area contributed by atoms with Crippen molar-refractivity contribution < 1.29 is 19.9 Å². The third kappa shape index (κ3) is 7.65. The highest BCUT2D eigenvalue weighted by Gasteiger charge is 2.32. The highest BCUT2D eigenvalue weighted by Crippen LogP contribution is 2.19. The van der Waals surface area contributed by atoms with Crippen molar-refractivity contribution in [1.29, 1.82) is 0 Å². The van der Waals surface area contributed by atoms with E-state index in [0.717, 1.165) is 13.0 Å². The molecule has 106 valence electrons. The molecule has 0 bridgehead atoms. The van der Waals surface area contributed by atoms with Crippen molar-refractivity contribution in [3.8, 4) is 0 Å². The molecule has 0 saturated carbocycles. The maximum absolute atomic E-state index is 11.2. The van der Waals surface area contributed by atoms with Crippen LogP contribution in [0.2, 0.25) is 6.32 Å². The number of aliphatic carboxylic acids is 1. The van der Waals surface area contributed by atoms with Gasteiger partial charge in [0.1, 0.15) is 5.54 Å². The van der Waals surface area contributed by atoms with Crippen LogP contribution in [0.3, 0.4) is 0 Å². The van der Waals surface area contributed by atoms with Crippen LogP contribution in [0.5, 0.6) is 0 Å². The Morgan fingerprint density at radius 3 is 2.22 bits per heavy atom. The van der Waals surface area contributed by atoms with Gasteiger partial charge in [-0.25, -0.2) is 0 Å². The fourth-order valence-electron chi connectivity index (χ4n) is 1.82. The van der Waals surface area contributed by atoms with Crippen LogP contribution >= 0.6 is 0 Å². The molecule has 0 aliphatic rings. The van der Waals surface area contributed by atoms with Crippen molar-refractivity contribution in [2.75, 3.05) is 20.6 Å². The van der Waals surface area contributed by atoms with E-state index < -0.39 is 18.6 Å². The number of hydrogen-bond acceptors (Lipinski definition) is 5. The van der Waals surface area contributed by atoms with Gasteiger partial charge in [-0.15, -0.1) is 0 Å². The van der Waals surface area contributed by atoms with Gasteiger partial charge in [0.15, 0.2) is 0 Å². The number of hydrogen-bond donors (Lipinski definition) is 4. The average Bonchev–Trinajstić information content (AvgIpc) is 2.23. The standard InChI is InChI=1S/C11H25BN2O4/c1-14(2)9-5-7-11(13,10(15)16)6-3-4-8-12(17)18/h17-18H,3-9,13H2,1-2H3,(H,15,16). The van der Waals surface area contributed by atoms with E-state index in [9.17, 15) is 4.79 Å². The van der Waals surface area contributed by atoms with Gasteiger partial charge in [0.05, 0.1) is 0 Å². The van der Waals surface area contributed by atoms with Crippen LogP contribution in [0.25, 0.3) is 0 Å². The predicted molar refractivity (Wildman–Crippen MR) is 71.2 cm³/mol. The van der Waals surface area contributed by atoms with Gasteiger partial charge >= 0.3 is 13.1 Å². The quantitative estimate of drug-likeness (QED) is 0.319. The van der Waals surface area contributed by atoms with Gasteiger partial charge in [0.2, 0.25) is 0 Å². The number of carboxylic acid groups (broad SMARTS) is 1. The maximum Gasteiger partial charge on any atom is 0.451 e. The summed E-state index contributed by atoms with van der Waals surface area (Å²) in [6, 6.07) is 0. The lowest BCUT2D eigenvalue weighted by Gasteiger charge is -2.25. The molecule has 0 aliphatic heterocycles. The molecule has 0 aromatic rings. The van der Waals surface area contributed by atoms with Gasteiger partial charge in [-0.1, -0.05) is 12.8 Å². The normalized spacial score (nSPS) is 14.6. The smallest absolute Gasteiger partial charge is 0.451 e. The summed E-state index contributed by atoms with van der Waals surface area (Å²) in [5.74, 6) is -0.981. The predicted octanol–water partition coefficient (Wildman–Crippen LogP) is -0.247. The third-order valence-corrected chi connectivity index (χ3v) is 2.99. The Balaban J connectivity index is 4.05. The second-order valence-electron chi connectivity index (χ2n) is 5.09. The Morgan fingerprint density at radius 1 is 1.22 bits per heavy atom. The van der Waals surface area contributed by atoms with E-state index in [0.29, 0.717) is 25.7 Å². The van der Waals surface area contributed by atoms with Gasteiger partial charge in [-0.05, 0) is 46.2 Å². The Labute approximate surface area is 109 Å². The topological polar surface area (TPSA) is 107 Å².